The fourth-order valence-electron chi connectivity index (χ4n) is 2.32. The minimum atomic E-state index is -0.887. The van der Waals surface area contributed by atoms with Crippen LogP contribution in [0.25, 0.3) is 0 Å². The molecular weight excluding hydrogens is 210 g/mol. The second kappa shape index (κ2) is 4.91. The first-order valence-electron chi connectivity index (χ1n) is 6.15. The Labute approximate surface area is 103 Å². The van der Waals surface area contributed by atoms with Crippen LogP contribution >= 0.6 is 0 Å². The largest absolute Gasteiger partial charge is 0.378 e. The fourth-order valence-corrected chi connectivity index (χ4v) is 2.32. The summed E-state index contributed by atoms with van der Waals surface area (Å²) >= 11 is 0. The average Bonchev–Trinajstić information content (AvgIpc) is 2.26. The molecule has 2 rings (SSSR count). The molecule has 1 fully saturated rings. The molecule has 1 aliphatic rings. The van der Waals surface area contributed by atoms with Crippen molar-refractivity contribution in [2.24, 2.45) is 5.73 Å². The Morgan fingerprint density at radius 2 is 2.29 bits per heavy atom. The number of hydrogen-bond acceptors (Lipinski definition) is 2. The van der Waals surface area contributed by atoms with Gasteiger partial charge in [-0.3, -0.25) is 0 Å². The number of aliphatic hydroxyl groups is 1. The minimum absolute atomic E-state index is 0.0839. The molecule has 0 radical (unpaired) electrons. The van der Waals surface area contributed by atoms with Gasteiger partial charge in [-0.25, -0.2) is 0 Å². The predicted octanol–water partition coefficient (Wildman–Crippen LogP) is 1.98. The van der Waals surface area contributed by atoms with E-state index in [0.717, 1.165) is 24.8 Å². The van der Waals surface area contributed by atoms with Crippen molar-refractivity contribution in [1.29, 1.82) is 0 Å². The third-order valence-electron chi connectivity index (χ3n) is 3.22. The van der Waals surface area contributed by atoms with Crippen LogP contribution in [0, 0.1) is 18.8 Å². The number of nitrogens with two attached hydrogens (primary N) is 1. The van der Waals surface area contributed by atoms with Crippen molar-refractivity contribution in [2.45, 2.75) is 44.2 Å². The molecule has 0 unspecified atom stereocenters. The Balaban J connectivity index is 2.15. The van der Waals surface area contributed by atoms with E-state index in [2.05, 4.69) is 11.8 Å². The molecule has 0 bridgehead atoms. The van der Waals surface area contributed by atoms with Crippen molar-refractivity contribution in [1.82, 2.24) is 0 Å². The van der Waals surface area contributed by atoms with Crippen molar-refractivity contribution in [3.05, 3.63) is 35.4 Å². The third kappa shape index (κ3) is 3.33. The zero-order chi connectivity index (χ0) is 12.3. The smallest absolute Gasteiger partial charge is 0.127 e. The van der Waals surface area contributed by atoms with E-state index in [-0.39, 0.29) is 6.04 Å². The Hall–Kier alpha value is -1.30. The molecule has 0 heterocycles. The topological polar surface area (TPSA) is 46.2 Å². The number of rotatable bonds is 0. The van der Waals surface area contributed by atoms with Crippen LogP contribution in [-0.2, 0) is 0 Å². The van der Waals surface area contributed by atoms with E-state index in [1.54, 1.807) is 0 Å². The van der Waals surface area contributed by atoms with Gasteiger partial charge in [-0.05, 0) is 43.9 Å². The van der Waals surface area contributed by atoms with Gasteiger partial charge in [-0.2, -0.15) is 0 Å². The molecule has 0 spiro atoms. The molecule has 17 heavy (non-hydrogen) atoms. The SMILES string of the molecule is Cc1cccc(C#C[C@@]2(O)CCC[C@@H](N)C2)c1. The molecule has 2 atom stereocenters. The van der Waals surface area contributed by atoms with E-state index in [1.807, 2.05) is 31.2 Å². The van der Waals surface area contributed by atoms with Gasteiger partial charge in [0.05, 0.1) is 0 Å². The predicted molar refractivity (Wildman–Crippen MR) is 69.5 cm³/mol. The lowest BCUT2D eigenvalue weighted by atomic mass is 9.82. The molecule has 2 nitrogen and oxygen atoms in total. The Bertz CT molecular complexity index is 457. The van der Waals surface area contributed by atoms with Crippen LogP contribution in [-0.4, -0.2) is 16.7 Å². The van der Waals surface area contributed by atoms with Gasteiger partial charge in [0.2, 0.25) is 0 Å². The summed E-state index contributed by atoms with van der Waals surface area (Å²) in [4.78, 5) is 0. The van der Waals surface area contributed by atoms with Gasteiger partial charge in [-0.15, -0.1) is 0 Å². The van der Waals surface area contributed by atoms with Gasteiger partial charge in [0.25, 0.3) is 0 Å². The summed E-state index contributed by atoms with van der Waals surface area (Å²) in [7, 11) is 0. The van der Waals surface area contributed by atoms with Crippen molar-refractivity contribution in [3.63, 3.8) is 0 Å². The highest BCUT2D eigenvalue weighted by Crippen LogP contribution is 2.26. The van der Waals surface area contributed by atoms with Gasteiger partial charge < -0.3 is 10.8 Å². The van der Waals surface area contributed by atoms with Crippen molar-refractivity contribution in [2.75, 3.05) is 0 Å². The van der Waals surface area contributed by atoms with E-state index in [9.17, 15) is 5.11 Å². The zero-order valence-electron chi connectivity index (χ0n) is 10.2. The Morgan fingerprint density at radius 3 is 3.00 bits per heavy atom. The molecule has 1 aliphatic carbocycles. The molecule has 1 aromatic carbocycles. The van der Waals surface area contributed by atoms with Gasteiger partial charge in [-0.1, -0.05) is 24.0 Å². The van der Waals surface area contributed by atoms with E-state index < -0.39 is 5.60 Å². The van der Waals surface area contributed by atoms with Crippen LogP contribution in [0.2, 0.25) is 0 Å². The summed E-state index contributed by atoms with van der Waals surface area (Å²) in [6.07, 6.45) is 3.28. The first kappa shape index (κ1) is 12.2. The minimum Gasteiger partial charge on any atom is -0.378 e. The van der Waals surface area contributed by atoms with Crippen LogP contribution in [0.4, 0.5) is 0 Å². The van der Waals surface area contributed by atoms with Crippen LogP contribution < -0.4 is 5.73 Å². The fraction of sp³-hybridized carbons (Fsp3) is 0.467. The van der Waals surface area contributed by atoms with Crippen LogP contribution in [0.5, 0.6) is 0 Å². The lowest BCUT2D eigenvalue weighted by Gasteiger charge is -2.30. The summed E-state index contributed by atoms with van der Waals surface area (Å²) in [5.41, 5.74) is 7.13. The summed E-state index contributed by atoms with van der Waals surface area (Å²) in [6.45, 7) is 2.04. The number of hydrogen-bond donors (Lipinski definition) is 2. The molecular formula is C15H19NO. The van der Waals surface area contributed by atoms with E-state index >= 15 is 0 Å². The monoisotopic (exact) mass is 229 g/mol. The third-order valence-corrected chi connectivity index (χ3v) is 3.22. The van der Waals surface area contributed by atoms with Gasteiger partial charge in [0, 0.05) is 18.0 Å². The van der Waals surface area contributed by atoms with Gasteiger partial charge in [0.15, 0.2) is 0 Å². The maximum Gasteiger partial charge on any atom is 0.127 e. The summed E-state index contributed by atoms with van der Waals surface area (Å²) in [5, 5.41) is 10.3. The highest BCUT2D eigenvalue weighted by molar-refractivity contribution is 5.38. The lowest BCUT2D eigenvalue weighted by molar-refractivity contribution is 0.0532. The van der Waals surface area contributed by atoms with Crippen molar-refractivity contribution >= 4 is 0 Å². The van der Waals surface area contributed by atoms with Crippen LogP contribution in [0.3, 0.4) is 0 Å². The second-order valence-electron chi connectivity index (χ2n) is 5.01. The summed E-state index contributed by atoms with van der Waals surface area (Å²) in [6, 6.07) is 8.10. The number of benzene rings is 1. The summed E-state index contributed by atoms with van der Waals surface area (Å²) < 4.78 is 0. The average molecular weight is 229 g/mol. The molecule has 0 saturated heterocycles. The van der Waals surface area contributed by atoms with Crippen LogP contribution in [0.15, 0.2) is 24.3 Å². The highest BCUT2D eigenvalue weighted by Gasteiger charge is 2.30. The zero-order valence-corrected chi connectivity index (χ0v) is 10.2. The first-order valence-corrected chi connectivity index (χ1v) is 6.15. The second-order valence-corrected chi connectivity index (χ2v) is 5.01. The summed E-state index contributed by atoms with van der Waals surface area (Å²) in [5.74, 6) is 6.06. The molecule has 0 aliphatic heterocycles. The molecule has 0 aromatic heterocycles. The maximum absolute atomic E-state index is 10.3. The standard InChI is InChI=1S/C15H19NO/c1-12-4-2-5-13(10-12)7-9-15(17)8-3-6-14(16)11-15/h2,4-5,10,14,17H,3,6,8,11,16H2,1H3/t14-,15+/m1/s1. The van der Waals surface area contributed by atoms with Crippen LogP contribution in [0.1, 0.15) is 36.8 Å². The highest BCUT2D eigenvalue weighted by atomic mass is 16.3. The van der Waals surface area contributed by atoms with Crippen molar-refractivity contribution < 1.29 is 5.11 Å². The molecule has 1 saturated carbocycles. The van der Waals surface area contributed by atoms with E-state index in [0.29, 0.717) is 6.42 Å². The van der Waals surface area contributed by atoms with E-state index in [4.69, 9.17) is 5.73 Å². The molecule has 3 N–H and O–H groups in total. The maximum atomic E-state index is 10.3. The molecule has 2 heteroatoms. The molecule has 1 aromatic rings. The first-order chi connectivity index (χ1) is 8.07. The Kier molecular flexibility index (Phi) is 3.51. The van der Waals surface area contributed by atoms with Gasteiger partial charge >= 0.3 is 0 Å². The quantitative estimate of drug-likeness (QED) is 0.668. The van der Waals surface area contributed by atoms with E-state index in [1.165, 1.54) is 5.56 Å². The van der Waals surface area contributed by atoms with Gasteiger partial charge in [0.1, 0.15) is 5.60 Å². The normalized spacial score (nSPS) is 28.3. The molecule has 90 valence electrons. The Morgan fingerprint density at radius 1 is 1.47 bits per heavy atom. The number of aryl methyl sites for hydroxylation is 1. The van der Waals surface area contributed by atoms with Crippen molar-refractivity contribution in [3.8, 4) is 11.8 Å². The molecule has 0 amide bonds. The lowest BCUT2D eigenvalue weighted by Crippen LogP contribution is -2.40.